The summed E-state index contributed by atoms with van der Waals surface area (Å²) in [5.74, 6) is 0.565. The van der Waals surface area contributed by atoms with Gasteiger partial charge in [0.1, 0.15) is 11.2 Å². The van der Waals surface area contributed by atoms with Crippen LogP contribution in [0.2, 0.25) is 0 Å². The lowest BCUT2D eigenvalue weighted by molar-refractivity contribution is 0.198. The molecule has 9 heteroatoms. The molecule has 0 radical (unpaired) electrons. The van der Waals surface area contributed by atoms with Crippen molar-refractivity contribution >= 4 is 40.9 Å². The van der Waals surface area contributed by atoms with Crippen molar-refractivity contribution in [2.45, 2.75) is 37.3 Å². The number of β-amino-alcohol motifs (C(OH)–C–C–N with tert-alkyl or cyclic N) is 1. The van der Waals surface area contributed by atoms with Crippen molar-refractivity contribution in [2.24, 2.45) is 7.05 Å². The molecule has 1 saturated heterocycles. The number of aromatic nitrogens is 3. The molecular weight excluding hydrogens is 441 g/mol. The topological polar surface area (TPSA) is 83.3 Å². The van der Waals surface area contributed by atoms with Gasteiger partial charge in [0.2, 0.25) is 0 Å². The summed E-state index contributed by atoms with van der Waals surface area (Å²) in [6.07, 6.45) is 2.09. The van der Waals surface area contributed by atoms with Crippen LogP contribution in [0, 0.1) is 0 Å². The van der Waals surface area contributed by atoms with Crippen LogP contribution < -0.4 is 15.8 Å². The van der Waals surface area contributed by atoms with E-state index in [0.717, 1.165) is 24.2 Å². The van der Waals surface area contributed by atoms with Crippen LogP contribution in [0.1, 0.15) is 20.3 Å². The second-order valence-corrected chi connectivity index (χ2v) is 13.7. The maximum absolute atomic E-state index is 12.8. The lowest BCUT2D eigenvalue weighted by atomic mass is 10.1. The van der Waals surface area contributed by atoms with Gasteiger partial charge in [0.15, 0.2) is 0 Å². The van der Waals surface area contributed by atoms with Crippen molar-refractivity contribution in [2.75, 3.05) is 36.6 Å². The molecule has 2 aromatic heterocycles. The lowest BCUT2D eigenvalue weighted by Gasteiger charge is -2.23. The summed E-state index contributed by atoms with van der Waals surface area (Å²) in [7, 11) is 1.49. The van der Waals surface area contributed by atoms with Crippen molar-refractivity contribution in [1.29, 1.82) is 0 Å². The van der Waals surface area contributed by atoms with Crippen LogP contribution >= 0.6 is 18.5 Å². The number of aliphatic hydroxyl groups is 1. The third-order valence-corrected chi connectivity index (χ3v) is 7.94. The average Bonchev–Trinajstić information content (AvgIpc) is 3.15. The van der Waals surface area contributed by atoms with Crippen molar-refractivity contribution < 1.29 is 5.11 Å². The van der Waals surface area contributed by atoms with Gasteiger partial charge in [-0.05, 0) is 58.9 Å². The van der Waals surface area contributed by atoms with Gasteiger partial charge in [-0.1, -0.05) is 17.4 Å². The van der Waals surface area contributed by atoms with Crippen LogP contribution in [0.4, 0.5) is 11.5 Å². The lowest BCUT2D eigenvalue weighted by Crippen LogP contribution is -2.21. The molecule has 3 heterocycles. The number of hydrogen-bond donors (Lipinski definition) is 2. The molecule has 32 heavy (non-hydrogen) atoms. The number of benzene rings is 1. The maximum Gasteiger partial charge on any atom is 0.264 e. The highest BCUT2D eigenvalue weighted by molar-refractivity contribution is 8.55. The van der Waals surface area contributed by atoms with Crippen LogP contribution in [-0.2, 0) is 7.05 Å². The van der Waals surface area contributed by atoms with E-state index >= 15 is 0 Å². The normalized spacial score (nSPS) is 16.5. The zero-order chi connectivity index (χ0) is 23.0. The highest BCUT2D eigenvalue weighted by Crippen LogP contribution is 2.51. The Bertz CT molecular complexity index is 1200. The van der Waals surface area contributed by atoms with E-state index in [1.54, 1.807) is 13.4 Å². The fourth-order valence-electron chi connectivity index (χ4n) is 3.91. The number of aliphatic hydroxyl groups excluding tert-OH is 1. The van der Waals surface area contributed by atoms with Gasteiger partial charge in [-0.25, -0.2) is 9.97 Å². The summed E-state index contributed by atoms with van der Waals surface area (Å²) >= 11 is 1.87. The van der Waals surface area contributed by atoms with Gasteiger partial charge in [0.05, 0.1) is 29.3 Å². The van der Waals surface area contributed by atoms with Gasteiger partial charge in [-0.3, -0.25) is 4.79 Å². The molecule has 1 aliphatic rings. The van der Waals surface area contributed by atoms with E-state index in [-0.39, 0.29) is 24.8 Å². The Hall–Kier alpha value is -2.15. The van der Waals surface area contributed by atoms with Crippen molar-refractivity contribution in [1.82, 2.24) is 14.5 Å². The molecule has 4 rings (SSSR count). The van der Waals surface area contributed by atoms with Gasteiger partial charge >= 0.3 is 0 Å². The Balaban J connectivity index is 1.84. The largest absolute Gasteiger partial charge is 0.391 e. The van der Waals surface area contributed by atoms with Gasteiger partial charge < -0.3 is 19.9 Å². The monoisotopic (exact) mass is 471 g/mol. The third kappa shape index (κ3) is 4.77. The summed E-state index contributed by atoms with van der Waals surface area (Å²) < 4.78 is 1.48. The second-order valence-electron chi connectivity index (χ2n) is 8.68. The molecular formula is C23H30N5O2PS. The zero-order valence-electron chi connectivity index (χ0n) is 19.2. The number of rotatable bonds is 6. The molecule has 1 unspecified atom stereocenters. The summed E-state index contributed by atoms with van der Waals surface area (Å²) in [6.45, 7) is 10.1. The quantitative estimate of drug-likeness (QED) is 0.523. The van der Waals surface area contributed by atoms with E-state index in [1.807, 2.05) is 31.3 Å². The molecule has 1 fully saturated rings. The molecule has 1 aliphatic heterocycles. The first-order valence-corrected chi connectivity index (χ1v) is 14.4. The number of fused-ring (bicyclic) bond motifs is 1. The standard InChI is InChI=1S/C23H30N5O2PS/c1-14(2)25-22-21-18(24-13-27(3)23(21)30)11-17(26-22)15-6-7-19(20(10-15)32-31(4)5)28-9-8-16(29)12-28/h6-7,10-11,13-14,16,29H,8-9,12H2,1-5H3,(H,25,26). The smallest absolute Gasteiger partial charge is 0.264 e. The number of aryl methyl sites for hydroxylation is 1. The fraction of sp³-hybridized carbons (Fsp3) is 0.435. The Morgan fingerprint density at radius 3 is 2.72 bits per heavy atom. The van der Waals surface area contributed by atoms with E-state index in [2.05, 4.69) is 46.7 Å². The predicted octanol–water partition coefficient (Wildman–Crippen LogP) is 4.14. The second kappa shape index (κ2) is 9.38. The van der Waals surface area contributed by atoms with Gasteiger partial charge in [0.25, 0.3) is 5.56 Å². The molecule has 1 atom stereocenters. The van der Waals surface area contributed by atoms with Gasteiger partial charge in [-0.2, -0.15) is 0 Å². The SMILES string of the molecule is CC(C)Nc1nc(-c2ccc(N3CCC(O)C3)c(SP(C)C)c2)cc2ncn(C)c(=O)c12. The molecule has 7 nitrogen and oxygen atoms in total. The van der Waals surface area contributed by atoms with Crippen LogP contribution in [0.15, 0.2) is 40.3 Å². The average molecular weight is 472 g/mol. The number of hydrogen-bond acceptors (Lipinski definition) is 7. The molecule has 1 aromatic carbocycles. The van der Waals surface area contributed by atoms with Gasteiger partial charge in [-0.15, -0.1) is 0 Å². The fourth-order valence-corrected chi connectivity index (χ4v) is 6.40. The van der Waals surface area contributed by atoms with E-state index in [0.29, 0.717) is 23.3 Å². The molecule has 0 bridgehead atoms. The van der Waals surface area contributed by atoms with Crippen molar-refractivity contribution in [3.63, 3.8) is 0 Å². The first-order valence-electron chi connectivity index (χ1n) is 10.8. The van der Waals surface area contributed by atoms with Gasteiger partial charge in [0, 0.05) is 36.6 Å². The van der Waals surface area contributed by atoms with E-state index in [4.69, 9.17) is 4.98 Å². The first-order chi connectivity index (χ1) is 15.2. The minimum atomic E-state index is -0.266. The highest BCUT2D eigenvalue weighted by Gasteiger charge is 2.23. The van der Waals surface area contributed by atoms with Crippen LogP contribution in [0.5, 0.6) is 0 Å². The third-order valence-electron chi connectivity index (χ3n) is 5.37. The number of nitrogens with one attached hydrogen (secondary N) is 1. The Morgan fingerprint density at radius 2 is 2.06 bits per heavy atom. The van der Waals surface area contributed by atoms with Crippen LogP contribution in [0.3, 0.4) is 0 Å². The predicted molar refractivity (Wildman–Crippen MR) is 136 cm³/mol. The number of pyridine rings is 1. The number of nitrogens with zero attached hydrogens (tertiary/aromatic N) is 4. The molecule has 2 N–H and O–H groups in total. The van der Waals surface area contributed by atoms with E-state index in [1.165, 1.54) is 15.1 Å². The first kappa shape index (κ1) is 23.0. The molecule has 3 aromatic rings. The van der Waals surface area contributed by atoms with Crippen LogP contribution in [-0.4, -0.2) is 58.2 Å². The zero-order valence-corrected chi connectivity index (χ0v) is 20.9. The summed E-state index contributed by atoms with van der Waals surface area (Å²) in [6, 6.07) is 8.41. The summed E-state index contributed by atoms with van der Waals surface area (Å²) in [5, 5.41) is 13.9. The summed E-state index contributed by atoms with van der Waals surface area (Å²) in [4.78, 5) is 25.6. The Labute approximate surface area is 193 Å². The number of anilines is 2. The minimum Gasteiger partial charge on any atom is -0.391 e. The highest BCUT2D eigenvalue weighted by atomic mass is 32.7. The van der Waals surface area contributed by atoms with E-state index < -0.39 is 0 Å². The van der Waals surface area contributed by atoms with Crippen molar-refractivity contribution in [3.05, 3.63) is 40.9 Å². The molecule has 170 valence electrons. The van der Waals surface area contributed by atoms with E-state index in [9.17, 15) is 9.90 Å². The molecule has 0 amide bonds. The Morgan fingerprint density at radius 1 is 1.28 bits per heavy atom. The molecule has 0 aliphatic carbocycles. The molecule has 0 spiro atoms. The summed E-state index contributed by atoms with van der Waals surface area (Å²) in [5.41, 5.74) is 3.46. The maximum atomic E-state index is 12.8. The Kier molecular flexibility index (Phi) is 6.75. The van der Waals surface area contributed by atoms with Crippen molar-refractivity contribution in [3.8, 4) is 11.3 Å². The minimum absolute atomic E-state index is 0.112. The molecule has 0 saturated carbocycles. The van der Waals surface area contributed by atoms with Crippen LogP contribution in [0.25, 0.3) is 22.2 Å².